The highest BCUT2D eigenvalue weighted by Gasteiger charge is 2.36. The molecular formula is C5H7NO3S2. The second-order valence-electron chi connectivity index (χ2n) is 2.39. The average Bonchev–Trinajstić information content (AvgIpc) is 2.07. The minimum atomic E-state index is -3.09. The summed E-state index contributed by atoms with van der Waals surface area (Å²) in [6.45, 7) is 0. The van der Waals surface area contributed by atoms with Crippen molar-refractivity contribution in [1.82, 2.24) is 0 Å². The Kier molecular flexibility index (Phi) is 2.42. The van der Waals surface area contributed by atoms with Gasteiger partial charge in [0.15, 0.2) is 9.84 Å². The van der Waals surface area contributed by atoms with E-state index in [1.54, 1.807) is 5.40 Å². The van der Waals surface area contributed by atoms with E-state index in [0.29, 0.717) is 0 Å². The zero-order valence-corrected chi connectivity index (χ0v) is 7.23. The van der Waals surface area contributed by atoms with Gasteiger partial charge in [-0.15, -0.1) is 0 Å². The first-order valence-electron chi connectivity index (χ1n) is 2.98. The van der Waals surface area contributed by atoms with Crippen molar-refractivity contribution in [2.24, 2.45) is 0 Å². The molecule has 0 saturated carbocycles. The van der Waals surface area contributed by atoms with Crippen molar-refractivity contribution in [3.05, 3.63) is 0 Å². The van der Waals surface area contributed by atoms with E-state index < -0.39 is 21.2 Å². The predicted octanol–water partition coefficient (Wildman–Crippen LogP) is -0.641. The molecule has 0 aliphatic carbocycles. The van der Waals surface area contributed by atoms with Crippen LogP contribution < -0.4 is 0 Å². The van der Waals surface area contributed by atoms with Crippen molar-refractivity contribution >= 4 is 21.6 Å². The topological polar surface area (TPSA) is 78.2 Å². The van der Waals surface area contributed by atoms with E-state index in [4.69, 9.17) is 10.4 Å². The standard InChI is InChI=1S/C5H7NO3S2/c6-3-10-5-2-11(8,9)1-4(5)7/h4-5,7H,1-2H2/t4-,5+/m1/s1. The van der Waals surface area contributed by atoms with Gasteiger partial charge in [-0.05, 0) is 11.8 Å². The van der Waals surface area contributed by atoms with Crippen LogP contribution in [0.4, 0.5) is 0 Å². The van der Waals surface area contributed by atoms with Crippen molar-refractivity contribution in [2.75, 3.05) is 11.5 Å². The number of hydrogen-bond acceptors (Lipinski definition) is 5. The van der Waals surface area contributed by atoms with Gasteiger partial charge in [-0.25, -0.2) is 8.42 Å². The van der Waals surface area contributed by atoms with E-state index in [1.165, 1.54) is 0 Å². The summed E-state index contributed by atoms with van der Waals surface area (Å²) in [6.07, 6.45) is -0.871. The van der Waals surface area contributed by atoms with Gasteiger partial charge in [-0.1, -0.05) is 0 Å². The molecule has 1 fully saturated rings. The van der Waals surface area contributed by atoms with Crippen molar-refractivity contribution in [1.29, 1.82) is 5.26 Å². The number of hydrogen-bond donors (Lipinski definition) is 1. The number of aliphatic hydroxyl groups is 1. The molecule has 1 aliphatic rings. The van der Waals surface area contributed by atoms with E-state index in [-0.39, 0.29) is 11.5 Å². The molecule has 2 atom stereocenters. The zero-order chi connectivity index (χ0) is 8.48. The summed E-state index contributed by atoms with van der Waals surface area (Å²) in [5.74, 6) is -0.279. The predicted molar refractivity (Wildman–Crippen MR) is 41.7 cm³/mol. The van der Waals surface area contributed by atoms with Crippen molar-refractivity contribution in [3.63, 3.8) is 0 Å². The average molecular weight is 193 g/mol. The molecule has 6 heteroatoms. The second kappa shape index (κ2) is 3.01. The van der Waals surface area contributed by atoms with Crippen LogP contribution in [0, 0.1) is 10.7 Å². The van der Waals surface area contributed by atoms with Gasteiger partial charge in [0.25, 0.3) is 0 Å². The zero-order valence-electron chi connectivity index (χ0n) is 5.60. The minimum Gasteiger partial charge on any atom is -0.391 e. The number of nitrogens with zero attached hydrogens (tertiary/aromatic N) is 1. The van der Waals surface area contributed by atoms with Crippen LogP contribution in [0.1, 0.15) is 0 Å². The summed E-state index contributed by atoms with van der Waals surface area (Å²) < 4.78 is 21.7. The van der Waals surface area contributed by atoms with Gasteiger partial charge in [0, 0.05) is 0 Å². The molecule has 0 bridgehead atoms. The van der Waals surface area contributed by atoms with Gasteiger partial charge < -0.3 is 5.11 Å². The molecule has 62 valence electrons. The van der Waals surface area contributed by atoms with Crippen LogP contribution in [0.2, 0.25) is 0 Å². The first-order valence-corrected chi connectivity index (χ1v) is 5.68. The van der Waals surface area contributed by atoms with E-state index in [0.717, 1.165) is 11.8 Å². The molecule has 0 radical (unpaired) electrons. The highest BCUT2D eigenvalue weighted by molar-refractivity contribution is 8.05. The molecule has 1 rings (SSSR count). The van der Waals surface area contributed by atoms with Crippen LogP contribution in [-0.2, 0) is 9.84 Å². The quantitative estimate of drug-likeness (QED) is 0.560. The molecule has 1 saturated heterocycles. The van der Waals surface area contributed by atoms with Gasteiger partial charge in [-0.3, -0.25) is 0 Å². The molecule has 0 unspecified atom stereocenters. The summed E-state index contributed by atoms with van der Waals surface area (Å²) in [5.41, 5.74) is 0. The molecule has 0 aromatic rings. The summed E-state index contributed by atoms with van der Waals surface area (Å²) in [7, 11) is -3.09. The lowest BCUT2D eigenvalue weighted by molar-refractivity contribution is 0.208. The van der Waals surface area contributed by atoms with Crippen LogP contribution in [0.5, 0.6) is 0 Å². The Morgan fingerprint density at radius 2 is 2.18 bits per heavy atom. The SMILES string of the molecule is N#CS[C@H]1CS(=O)(=O)C[C@H]1O. The molecule has 1 heterocycles. The Balaban J connectivity index is 2.68. The molecule has 0 amide bonds. The maximum atomic E-state index is 10.8. The lowest BCUT2D eigenvalue weighted by atomic mass is 10.3. The smallest absolute Gasteiger partial charge is 0.154 e. The van der Waals surface area contributed by atoms with Crippen LogP contribution in [0.25, 0.3) is 0 Å². The molecule has 4 nitrogen and oxygen atoms in total. The summed E-state index contributed by atoms with van der Waals surface area (Å²) >= 11 is 0.826. The highest BCUT2D eigenvalue weighted by atomic mass is 32.2. The van der Waals surface area contributed by atoms with Crippen molar-refractivity contribution in [3.8, 4) is 5.40 Å². The maximum Gasteiger partial charge on any atom is 0.154 e. The number of sulfone groups is 1. The normalized spacial score (nSPS) is 34.9. The monoisotopic (exact) mass is 193 g/mol. The van der Waals surface area contributed by atoms with Crippen molar-refractivity contribution < 1.29 is 13.5 Å². The summed E-state index contributed by atoms with van der Waals surface area (Å²) in [6, 6.07) is 0. The first kappa shape index (κ1) is 8.84. The lowest BCUT2D eigenvalue weighted by Crippen LogP contribution is -2.19. The molecular weight excluding hydrogens is 186 g/mol. The van der Waals surface area contributed by atoms with Gasteiger partial charge in [0.2, 0.25) is 0 Å². The third kappa shape index (κ3) is 2.09. The number of rotatable bonds is 1. The van der Waals surface area contributed by atoms with Gasteiger partial charge in [0.1, 0.15) is 5.40 Å². The molecule has 1 aliphatic heterocycles. The largest absolute Gasteiger partial charge is 0.391 e. The summed E-state index contributed by atoms with van der Waals surface area (Å²) in [4.78, 5) is 0. The van der Waals surface area contributed by atoms with Gasteiger partial charge in [-0.2, -0.15) is 5.26 Å². The minimum absolute atomic E-state index is 0.0770. The molecule has 0 aromatic carbocycles. The molecule has 0 aromatic heterocycles. The Morgan fingerprint density at radius 1 is 1.55 bits per heavy atom. The number of nitriles is 1. The first-order chi connectivity index (χ1) is 5.05. The van der Waals surface area contributed by atoms with E-state index in [2.05, 4.69) is 0 Å². The van der Waals surface area contributed by atoms with Crippen molar-refractivity contribution in [2.45, 2.75) is 11.4 Å². The highest BCUT2D eigenvalue weighted by Crippen LogP contribution is 2.23. The maximum absolute atomic E-state index is 10.8. The third-order valence-corrected chi connectivity index (χ3v) is 4.29. The number of thioether (sulfide) groups is 1. The van der Waals surface area contributed by atoms with E-state index >= 15 is 0 Å². The van der Waals surface area contributed by atoms with Gasteiger partial charge in [0.05, 0.1) is 22.9 Å². The Morgan fingerprint density at radius 3 is 2.55 bits per heavy atom. The van der Waals surface area contributed by atoms with E-state index in [1.807, 2.05) is 0 Å². The fourth-order valence-electron chi connectivity index (χ4n) is 0.977. The van der Waals surface area contributed by atoms with Crippen LogP contribution in [0.3, 0.4) is 0 Å². The number of aliphatic hydroxyl groups excluding tert-OH is 1. The van der Waals surface area contributed by atoms with Gasteiger partial charge >= 0.3 is 0 Å². The van der Waals surface area contributed by atoms with Crippen LogP contribution in [0.15, 0.2) is 0 Å². The fourth-order valence-corrected chi connectivity index (χ4v) is 3.99. The molecule has 11 heavy (non-hydrogen) atoms. The molecule has 1 N–H and O–H groups in total. The Bertz CT molecular complexity index is 279. The second-order valence-corrected chi connectivity index (χ2v) is 5.57. The Hall–Kier alpha value is -0.250. The van der Waals surface area contributed by atoms with Crippen LogP contribution >= 0.6 is 11.8 Å². The van der Waals surface area contributed by atoms with E-state index in [9.17, 15) is 8.42 Å². The molecule has 0 spiro atoms. The fraction of sp³-hybridized carbons (Fsp3) is 0.800. The van der Waals surface area contributed by atoms with Crippen LogP contribution in [-0.4, -0.2) is 36.4 Å². The number of thiocyanates is 1. The summed E-state index contributed by atoms with van der Waals surface area (Å²) in [5, 5.41) is 18.6. The lowest BCUT2D eigenvalue weighted by Gasteiger charge is -2.04. The third-order valence-electron chi connectivity index (χ3n) is 1.48. The Labute approximate surface area is 69.1 Å².